The normalized spacial score (nSPS) is 32.8. The van der Waals surface area contributed by atoms with Crippen molar-refractivity contribution in [3.63, 3.8) is 0 Å². The Kier molecular flexibility index (Phi) is 2.61. The molecule has 5 heteroatoms. The van der Waals surface area contributed by atoms with Crippen molar-refractivity contribution in [2.24, 2.45) is 0 Å². The zero-order valence-electron chi connectivity index (χ0n) is 11.5. The maximum atomic E-state index is 14.8. The Morgan fingerprint density at radius 2 is 1.76 bits per heavy atom. The van der Waals surface area contributed by atoms with Gasteiger partial charge in [0.1, 0.15) is 0 Å². The molecule has 1 saturated heterocycles. The average molecular weight is 294 g/mol. The van der Waals surface area contributed by atoms with Crippen LogP contribution in [-0.4, -0.2) is 30.7 Å². The average Bonchev–Trinajstić information content (AvgIpc) is 2.98. The Morgan fingerprint density at radius 1 is 1.05 bits per heavy atom. The molecule has 1 aliphatic heterocycles. The summed E-state index contributed by atoms with van der Waals surface area (Å²) in [6.45, 7) is 0.856. The summed E-state index contributed by atoms with van der Waals surface area (Å²) in [5.74, 6) is -5.40. The van der Waals surface area contributed by atoms with Crippen molar-refractivity contribution in [3.8, 4) is 0 Å². The predicted octanol–water partition coefficient (Wildman–Crippen LogP) is 3.07. The van der Waals surface area contributed by atoms with Crippen molar-refractivity contribution in [1.29, 1.82) is 0 Å². The number of alkyl halides is 2. The molecule has 112 valence electrons. The van der Waals surface area contributed by atoms with Gasteiger partial charge < -0.3 is 9.47 Å². The van der Waals surface area contributed by atoms with Crippen molar-refractivity contribution in [2.75, 3.05) is 13.2 Å². The van der Waals surface area contributed by atoms with E-state index in [0.717, 1.165) is 0 Å². The molecule has 0 amide bonds. The van der Waals surface area contributed by atoms with Gasteiger partial charge in [0.05, 0.1) is 18.6 Å². The summed E-state index contributed by atoms with van der Waals surface area (Å²) in [6.07, 6.45) is 1.52. The number of Topliss-reactive ketones (excluding diaryl/α,β-unsaturated/α-hetero) is 1. The van der Waals surface area contributed by atoms with Crippen LogP contribution in [0.15, 0.2) is 24.3 Å². The summed E-state index contributed by atoms with van der Waals surface area (Å²) in [5.41, 5.74) is -0.876. The molecule has 2 aliphatic carbocycles. The second-order valence-electron chi connectivity index (χ2n) is 6.17. The van der Waals surface area contributed by atoms with Gasteiger partial charge in [-0.05, 0) is 18.4 Å². The van der Waals surface area contributed by atoms with Gasteiger partial charge in [0.15, 0.2) is 5.79 Å². The smallest absolute Gasteiger partial charge is 0.319 e. The number of benzene rings is 1. The third-order valence-electron chi connectivity index (χ3n) is 5.12. The minimum atomic E-state index is -3.39. The van der Waals surface area contributed by atoms with E-state index in [1.54, 1.807) is 18.2 Å². The van der Waals surface area contributed by atoms with E-state index >= 15 is 0 Å². The van der Waals surface area contributed by atoms with E-state index in [-0.39, 0.29) is 18.4 Å². The number of carbonyl (C=O) groups is 1. The highest BCUT2D eigenvalue weighted by Crippen LogP contribution is 2.59. The number of ketones is 1. The van der Waals surface area contributed by atoms with E-state index in [1.807, 2.05) is 0 Å². The Bertz CT molecular complexity index is 607. The number of fused-ring (bicyclic) bond motifs is 2. The van der Waals surface area contributed by atoms with Crippen molar-refractivity contribution in [2.45, 2.75) is 42.8 Å². The quantitative estimate of drug-likeness (QED) is 0.737. The second kappa shape index (κ2) is 4.11. The molecule has 1 heterocycles. The van der Waals surface area contributed by atoms with E-state index in [4.69, 9.17) is 9.47 Å². The fourth-order valence-electron chi connectivity index (χ4n) is 4.19. The highest BCUT2D eigenvalue weighted by Gasteiger charge is 2.69. The molecule has 1 saturated carbocycles. The molecule has 0 bridgehead atoms. The number of hydrogen-bond acceptors (Lipinski definition) is 3. The van der Waals surface area contributed by atoms with Crippen molar-refractivity contribution < 1.29 is 23.0 Å². The van der Waals surface area contributed by atoms with Crippen LogP contribution in [0.2, 0.25) is 0 Å². The first-order valence-electron chi connectivity index (χ1n) is 7.31. The van der Waals surface area contributed by atoms with Gasteiger partial charge in [0.2, 0.25) is 5.78 Å². The van der Waals surface area contributed by atoms with Crippen LogP contribution in [-0.2, 0) is 14.9 Å². The first kappa shape index (κ1) is 13.3. The molecule has 1 aromatic carbocycles. The summed E-state index contributed by atoms with van der Waals surface area (Å²) < 4.78 is 41.0. The van der Waals surface area contributed by atoms with Gasteiger partial charge >= 0.3 is 5.92 Å². The maximum absolute atomic E-state index is 14.8. The van der Waals surface area contributed by atoms with Gasteiger partial charge in [-0.2, -0.15) is 8.78 Å². The van der Waals surface area contributed by atoms with E-state index in [1.165, 1.54) is 6.07 Å². The molecular weight excluding hydrogens is 278 g/mol. The molecule has 3 aliphatic rings. The minimum absolute atomic E-state index is 0.0513. The lowest BCUT2D eigenvalue weighted by molar-refractivity contribution is -0.211. The Hall–Kier alpha value is -1.33. The lowest BCUT2D eigenvalue weighted by Gasteiger charge is -2.45. The van der Waals surface area contributed by atoms with Crippen LogP contribution in [0.25, 0.3) is 0 Å². The van der Waals surface area contributed by atoms with E-state index in [0.29, 0.717) is 31.6 Å². The van der Waals surface area contributed by atoms with E-state index < -0.39 is 22.9 Å². The largest absolute Gasteiger partial charge is 0.347 e. The molecule has 3 nitrogen and oxygen atoms in total. The Morgan fingerprint density at radius 3 is 2.52 bits per heavy atom. The van der Waals surface area contributed by atoms with Gasteiger partial charge in [-0.25, -0.2) is 0 Å². The van der Waals surface area contributed by atoms with Gasteiger partial charge in [0.25, 0.3) is 0 Å². The molecule has 2 spiro atoms. The Labute approximate surface area is 121 Å². The van der Waals surface area contributed by atoms with Crippen LogP contribution in [0, 0.1) is 0 Å². The minimum Gasteiger partial charge on any atom is -0.347 e. The van der Waals surface area contributed by atoms with Crippen LogP contribution in [0.4, 0.5) is 8.78 Å². The first-order chi connectivity index (χ1) is 10.0. The molecule has 0 N–H and O–H groups in total. The summed E-state index contributed by atoms with van der Waals surface area (Å²) in [6, 6.07) is 6.50. The molecule has 2 fully saturated rings. The molecule has 0 aromatic heterocycles. The predicted molar refractivity (Wildman–Crippen MR) is 70.5 cm³/mol. The fraction of sp³-hybridized carbons (Fsp3) is 0.562. The van der Waals surface area contributed by atoms with E-state index in [9.17, 15) is 13.6 Å². The highest BCUT2D eigenvalue weighted by atomic mass is 19.3. The van der Waals surface area contributed by atoms with Crippen LogP contribution in [0.3, 0.4) is 0 Å². The molecule has 0 unspecified atom stereocenters. The number of carbonyl (C=O) groups excluding carboxylic acids is 1. The highest BCUT2D eigenvalue weighted by molar-refractivity contribution is 6.07. The SMILES string of the molecule is O=C1c2ccccc2[C@@]2(CCCC3(C2)OCCO3)C1(F)F. The fourth-order valence-corrected chi connectivity index (χ4v) is 4.19. The standard InChI is InChI=1S/C16H16F2O3/c17-16(18)13(19)11-4-1-2-5-12(11)14(16)6-3-7-15(10-14)20-8-9-21-15/h1-2,4-5H,3,6-10H2/t14-/m0/s1. The number of halogens is 2. The topological polar surface area (TPSA) is 35.5 Å². The van der Waals surface area contributed by atoms with Gasteiger partial charge in [-0.1, -0.05) is 24.3 Å². The van der Waals surface area contributed by atoms with Crippen LogP contribution in [0.1, 0.15) is 41.6 Å². The lowest BCUT2D eigenvalue weighted by Crippen LogP contribution is -2.53. The molecule has 1 aromatic rings. The van der Waals surface area contributed by atoms with Gasteiger partial charge in [-0.15, -0.1) is 0 Å². The lowest BCUT2D eigenvalue weighted by atomic mass is 9.66. The van der Waals surface area contributed by atoms with Crippen LogP contribution >= 0.6 is 0 Å². The van der Waals surface area contributed by atoms with E-state index in [2.05, 4.69) is 0 Å². The Balaban J connectivity index is 1.87. The number of rotatable bonds is 0. The number of ether oxygens (including phenoxy) is 2. The summed E-state index contributed by atoms with van der Waals surface area (Å²) in [4.78, 5) is 12.2. The molecule has 21 heavy (non-hydrogen) atoms. The molecule has 1 atom stereocenters. The zero-order chi connectivity index (χ0) is 14.7. The molecule has 4 rings (SSSR count). The van der Waals surface area contributed by atoms with Gasteiger partial charge in [0, 0.05) is 18.4 Å². The third kappa shape index (κ3) is 1.56. The maximum Gasteiger partial charge on any atom is 0.319 e. The summed E-state index contributed by atoms with van der Waals surface area (Å²) in [5, 5.41) is 0. The van der Waals surface area contributed by atoms with Crippen LogP contribution in [0.5, 0.6) is 0 Å². The number of hydrogen-bond donors (Lipinski definition) is 0. The second-order valence-corrected chi connectivity index (χ2v) is 6.17. The van der Waals surface area contributed by atoms with Crippen LogP contribution < -0.4 is 0 Å². The zero-order valence-corrected chi connectivity index (χ0v) is 11.5. The van der Waals surface area contributed by atoms with Crippen molar-refractivity contribution in [3.05, 3.63) is 35.4 Å². The van der Waals surface area contributed by atoms with Crippen molar-refractivity contribution in [1.82, 2.24) is 0 Å². The molecule has 0 radical (unpaired) electrons. The summed E-state index contributed by atoms with van der Waals surface area (Å²) >= 11 is 0. The molecular formula is C16H16F2O3. The van der Waals surface area contributed by atoms with Crippen molar-refractivity contribution >= 4 is 5.78 Å². The van der Waals surface area contributed by atoms with Gasteiger partial charge in [-0.3, -0.25) is 4.79 Å². The summed E-state index contributed by atoms with van der Waals surface area (Å²) in [7, 11) is 0. The monoisotopic (exact) mass is 294 g/mol. The first-order valence-corrected chi connectivity index (χ1v) is 7.31. The third-order valence-corrected chi connectivity index (χ3v) is 5.12.